The molecule has 0 saturated carbocycles. The van der Waals surface area contributed by atoms with Crippen LogP contribution in [0.3, 0.4) is 0 Å². The molecule has 0 saturated heterocycles. The number of rotatable bonds is 0. The van der Waals surface area contributed by atoms with Crippen LogP contribution in [0.25, 0.3) is 0 Å². The van der Waals surface area contributed by atoms with Gasteiger partial charge in [0.1, 0.15) is 5.82 Å². The molecule has 0 unspecified atom stereocenters. The fraction of sp³-hybridized carbons (Fsp3) is 0.200. The molecule has 1 atom stereocenters. The van der Waals surface area contributed by atoms with Crippen molar-refractivity contribution in [3.63, 3.8) is 0 Å². The van der Waals surface area contributed by atoms with Gasteiger partial charge in [-0.25, -0.2) is 4.98 Å². The molecule has 1 amide bonds. The van der Waals surface area contributed by atoms with Gasteiger partial charge < -0.3 is 5.32 Å². The lowest BCUT2D eigenvalue weighted by Crippen LogP contribution is -2.35. The normalized spacial score (nSPS) is 23.3. The summed E-state index contributed by atoms with van der Waals surface area (Å²) in [6.45, 7) is 0. The average molecular weight is 315 g/mol. The van der Waals surface area contributed by atoms with Crippen LogP contribution < -0.4 is 5.32 Å². The second-order valence-corrected chi connectivity index (χ2v) is 6.12. The maximum atomic E-state index is 12.4. The third-order valence-corrected chi connectivity index (χ3v) is 4.64. The van der Waals surface area contributed by atoms with Crippen molar-refractivity contribution in [3.8, 4) is 0 Å². The number of nitrogens with one attached hydrogen (secondary N) is 1. The molecule has 1 spiro atoms. The zero-order valence-corrected chi connectivity index (χ0v) is 11.7. The molecule has 4 heteroatoms. The van der Waals surface area contributed by atoms with Crippen LogP contribution in [0.2, 0.25) is 0 Å². The molecule has 1 aromatic carbocycles. The Labute approximate surface area is 119 Å². The van der Waals surface area contributed by atoms with Gasteiger partial charge in [-0.05, 0) is 42.2 Å². The number of pyridine rings is 1. The summed E-state index contributed by atoms with van der Waals surface area (Å²) in [5, 5.41) is 2.92. The van der Waals surface area contributed by atoms with Crippen LogP contribution in [0.5, 0.6) is 0 Å². The highest BCUT2D eigenvalue weighted by Crippen LogP contribution is 2.46. The highest BCUT2D eigenvalue weighted by molar-refractivity contribution is 9.10. The molecule has 1 aliphatic carbocycles. The molecule has 0 bridgehead atoms. The third kappa shape index (κ3) is 1.43. The van der Waals surface area contributed by atoms with Crippen molar-refractivity contribution in [1.82, 2.24) is 4.98 Å². The first kappa shape index (κ1) is 11.2. The van der Waals surface area contributed by atoms with Crippen LogP contribution in [0.15, 0.2) is 41.0 Å². The molecule has 4 rings (SSSR count). The molecule has 2 aromatic rings. The van der Waals surface area contributed by atoms with Crippen molar-refractivity contribution >= 4 is 27.7 Å². The summed E-state index contributed by atoms with van der Waals surface area (Å²) in [6, 6.07) is 10.2. The number of benzene rings is 1. The number of nitrogens with zero attached hydrogens (tertiary/aromatic N) is 1. The van der Waals surface area contributed by atoms with Crippen LogP contribution in [0, 0.1) is 0 Å². The molecule has 0 fully saturated rings. The quantitative estimate of drug-likeness (QED) is 0.812. The molecular formula is C15H11BrN2O. The number of hydrogen-bond donors (Lipinski definition) is 1. The zero-order valence-electron chi connectivity index (χ0n) is 10.1. The van der Waals surface area contributed by atoms with Gasteiger partial charge >= 0.3 is 0 Å². The summed E-state index contributed by atoms with van der Waals surface area (Å²) < 4.78 is 1.06. The Kier molecular flexibility index (Phi) is 2.16. The number of carbonyl (C=O) groups excluding carboxylic acids is 1. The molecule has 3 nitrogen and oxygen atoms in total. The summed E-state index contributed by atoms with van der Waals surface area (Å²) in [5.41, 5.74) is 3.09. The van der Waals surface area contributed by atoms with Crippen molar-refractivity contribution in [2.75, 3.05) is 5.32 Å². The fourth-order valence-electron chi connectivity index (χ4n) is 3.24. The maximum Gasteiger partial charge on any atom is 0.237 e. The summed E-state index contributed by atoms with van der Waals surface area (Å²) >= 11 is 3.50. The second kappa shape index (κ2) is 3.67. The number of fused-ring (bicyclic) bond motifs is 3. The lowest BCUT2D eigenvalue weighted by molar-refractivity contribution is -0.120. The van der Waals surface area contributed by atoms with Gasteiger partial charge in [-0.15, -0.1) is 0 Å². The summed E-state index contributed by atoms with van der Waals surface area (Å²) in [5.74, 6) is 0.799. The van der Waals surface area contributed by atoms with Gasteiger partial charge in [-0.3, -0.25) is 4.79 Å². The Morgan fingerprint density at radius 3 is 2.95 bits per heavy atom. The van der Waals surface area contributed by atoms with Gasteiger partial charge in [0.2, 0.25) is 5.91 Å². The van der Waals surface area contributed by atoms with Crippen molar-refractivity contribution in [3.05, 3.63) is 57.7 Å². The first-order chi connectivity index (χ1) is 9.19. The van der Waals surface area contributed by atoms with Crippen molar-refractivity contribution in [1.29, 1.82) is 0 Å². The lowest BCUT2D eigenvalue weighted by atomic mass is 9.79. The highest BCUT2D eigenvalue weighted by atomic mass is 79.9. The number of anilines is 1. The molecule has 2 heterocycles. The number of hydrogen-bond acceptors (Lipinski definition) is 2. The molecule has 1 aromatic heterocycles. The van der Waals surface area contributed by atoms with Crippen LogP contribution in [0.4, 0.5) is 5.82 Å². The minimum absolute atomic E-state index is 0.0773. The van der Waals surface area contributed by atoms with Crippen LogP contribution in [-0.4, -0.2) is 10.9 Å². The number of carbonyl (C=O) groups is 1. The lowest BCUT2D eigenvalue weighted by Gasteiger charge is -2.20. The van der Waals surface area contributed by atoms with Crippen molar-refractivity contribution in [2.45, 2.75) is 18.3 Å². The van der Waals surface area contributed by atoms with Crippen LogP contribution >= 0.6 is 15.9 Å². The van der Waals surface area contributed by atoms with Gasteiger partial charge in [0.05, 0.1) is 5.41 Å². The Hall–Kier alpha value is -1.68. The molecule has 1 N–H and O–H groups in total. The van der Waals surface area contributed by atoms with E-state index in [1.165, 1.54) is 11.1 Å². The Bertz CT molecular complexity index is 713. The number of amides is 1. The minimum Gasteiger partial charge on any atom is -0.310 e. The number of aromatic nitrogens is 1. The second-order valence-electron chi connectivity index (χ2n) is 5.20. The van der Waals surface area contributed by atoms with E-state index in [-0.39, 0.29) is 5.91 Å². The zero-order chi connectivity index (χ0) is 13.0. The standard InChI is InChI=1S/C15H11BrN2O/c16-11-4-3-9-7-15(8-10(9)6-11)12-2-1-5-17-13(12)18-14(15)19/h1-6H,7-8H2,(H,17,18,19)/t15-/m0/s1. The van der Waals surface area contributed by atoms with Crippen LogP contribution in [-0.2, 0) is 23.1 Å². The summed E-state index contributed by atoms with van der Waals surface area (Å²) in [6.07, 6.45) is 3.24. The molecular weight excluding hydrogens is 304 g/mol. The van der Waals surface area contributed by atoms with E-state index >= 15 is 0 Å². The van der Waals surface area contributed by atoms with Gasteiger partial charge in [0.25, 0.3) is 0 Å². The van der Waals surface area contributed by atoms with E-state index in [9.17, 15) is 4.79 Å². The molecule has 94 valence electrons. The van der Waals surface area contributed by atoms with Gasteiger partial charge in [0, 0.05) is 16.2 Å². The monoisotopic (exact) mass is 314 g/mol. The Balaban J connectivity index is 1.88. The molecule has 1 aliphatic heterocycles. The average Bonchev–Trinajstić information content (AvgIpc) is 2.90. The predicted molar refractivity (Wildman–Crippen MR) is 76.1 cm³/mol. The molecule has 0 radical (unpaired) electrons. The predicted octanol–water partition coefficient (Wildman–Crippen LogP) is 2.83. The van der Waals surface area contributed by atoms with E-state index < -0.39 is 5.41 Å². The van der Waals surface area contributed by atoms with E-state index in [1.807, 2.05) is 18.2 Å². The smallest absolute Gasteiger partial charge is 0.237 e. The van der Waals surface area contributed by atoms with Crippen molar-refractivity contribution in [2.24, 2.45) is 0 Å². The largest absolute Gasteiger partial charge is 0.310 e. The Morgan fingerprint density at radius 2 is 2.05 bits per heavy atom. The SMILES string of the molecule is O=C1Nc2ncccc2[C@@]12Cc1ccc(Br)cc1C2. The third-order valence-electron chi connectivity index (χ3n) is 4.14. The fourth-order valence-corrected chi connectivity index (χ4v) is 3.64. The van der Waals surface area contributed by atoms with Gasteiger partial charge in [-0.1, -0.05) is 28.1 Å². The van der Waals surface area contributed by atoms with E-state index in [0.29, 0.717) is 0 Å². The van der Waals surface area contributed by atoms with E-state index in [0.717, 1.165) is 28.7 Å². The summed E-state index contributed by atoms with van der Waals surface area (Å²) in [7, 11) is 0. The first-order valence-electron chi connectivity index (χ1n) is 6.23. The van der Waals surface area contributed by atoms with E-state index in [2.05, 4.69) is 38.4 Å². The molecule has 19 heavy (non-hydrogen) atoms. The highest BCUT2D eigenvalue weighted by Gasteiger charge is 2.50. The Morgan fingerprint density at radius 1 is 1.21 bits per heavy atom. The topological polar surface area (TPSA) is 42.0 Å². The summed E-state index contributed by atoms with van der Waals surface area (Å²) in [4.78, 5) is 16.7. The van der Waals surface area contributed by atoms with E-state index in [4.69, 9.17) is 0 Å². The van der Waals surface area contributed by atoms with E-state index in [1.54, 1.807) is 6.20 Å². The maximum absolute atomic E-state index is 12.4. The number of halogens is 1. The van der Waals surface area contributed by atoms with Crippen LogP contribution in [0.1, 0.15) is 16.7 Å². The van der Waals surface area contributed by atoms with Crippen molar-refractivity contribution < 1.29 is 4.79 Å². The van der Waals surface area contributed by atoms with Gasteiger partial charge in [-0.2, -0.15) is 0 Å². The van der Waals surface area contributed by atoms with Gasteiger partial charge in [0.15, 0.2) is 0 Å². The minimum atomic E-state index is -0.452. The molecule has 2 aliphatic rings. The first-order valence-corrected chi connectivity index (χ1v) is 7.03.